The van der Waals surface area contributed by atoms with Gasteiger partial charge in [0.1, 0.15) is 0 Å². The van der Waals surface area contributed by atoms with Crippen LogP contribution < -0.4 is 10.6 Å². The molecular formula is C34H44N6O3. The lowest BCUT2D eigenvalue weighted by Gasteiger charge is -2.37. The van der Waals surface area contributed by atoms with Crippen LogP contribution in [0.25, 0.3) is 11.0 Å². The number of nitrogens with zero attached hydrogens (tertiary/aromatic N) is 4. The molecule has 2 heterocycles. The van der Waals surface area contributed by atoms with Crippen molar-refractivity contribution in [3.05, 3.63) is 59.2 Å². The number of carbonyl (C=O) groups is 2. The SMILES string of the molecule is CC(C)NC(=O)C1CCC(n2c(NC(=O)c3cccc(C#N)c3)nc3ccc(CN4CCC(C(C)(C)O)CC4)cc32)CC1. The molecule has 2 fully saturated rings. The van der Waals surface area contributed by atoms with Gasteiger partial charge in [0.05, 0.1) is 28.3 Å². The van der Waals surface area contributed by atoms with Crippen LogP contribution in [0, 0.1) is 23.2 Å². The minimum Gasteiger partial charge on any atom is -0.390 e. The average Bonchev–Trinajstić information content (AvgIpc) is 3.33. The summed E-state index contributed by atoms with van der Waals surface area (Å²) in [4.78, 5) is 33.3. The normalized spacial score (nSPS) is 20.2. The number of piperidine rings is 1. The molecular weight excluding hydrogens is 540 g/mol. The Morgan fingerprint density at radius 2 is 1.79 bits per heavy atom. The third kappa shape index (κ3) is 7.26. The number of carbonyl (C=O) groups excluding carboxylic acids is 2. The first kappa shape index (κ1) is 30.7. The molecule has 1 aliphatic carbocycles. The highest BCUT2D eigenvalue weighted by molar-refractivity contribution is 6.04. The largest absolute Gasteiger partial charge is 0.390 e. The molecule has 228 valence electrons. The summed E-state index contributed by atoms with van der Waals surface area (Å²) >= 11 is 0. The van der Waals surface area contributed by atoms with Crippen LogP contribution in [0.5, 0.6) is 0 Å². The van der Waals surface area contributed by atoms with Gasteiger partial charge in [-0.2, -0.15) is 5.26 Å². The van der Waals surface area contributed by atoms with Crippen LogP contribution >= 0.6 is 0 Å². The molecule has 2 amide bonds. The summed E-state index contributed by atoms with van der Waals surface area (Å²) in [5.41, 5.74) is 3.14. The Morgan fingerprint density at radius 1 is 1.07 bits per heavy atom. The highest BCUT2D eigenvalue weighted by Gasteiger charge is 2.32. The molecule has 9 heteroatoms. The molecule has 0 unspecified atom stereocenters. The van der Waals surface area contributed by atoms with Crippen LogP contribution in [0.4, 0.5) is 5.95 Å². The first-order valence-corrected chi connectivity index (χ1v) is 15.6. The van der Waals surface area contributed by atoms with Crippen molar-refractivity contribution < 1.29 is 14.7 Å². The number of nitriles is 1. The molecule has 5 rings (SSSR count). The number of likely N-dealkylation sites (tertiary alicyclic amines) is 1. The van der Waals surface area contributed by atoms with Crippen LogP contribution in [-0.2, 0) is 11.3 Å². The van der Waals surface area contributed by atoms with Crippen molar-refractivity contribution in [2.75, 3.05) is 18.4 Å². The number of aromatic nitrogens is 2. The standard InChI is InChI=1S/C34H44N6O3/c1-22(2)36-31(41)25-9-11-28(12-10-25)40-30-19-24(21-39-16-14-27(15-17-39)34(3,4)43)8-13-29(30)37-33(40)38-32(42)26-7-5-6-23(18-26)20-35/h5-8,13,18-19,22,25,27-28,43H,9-12,14-17,21H2,1-4H3,(H,36,41)(H,37,38,42). The second kappa shape index (κ2) is 12.9. The zero-order chi connectivity index (χ0) is 30.7. The van der Waals surface area contributed by atoms with Crippen molar-refractivity contribution in [3.63, 3.8) is 0 Å². The van der Waals surface area contributed by atoms with Crippen molar-refractivity contribution in [2.45, 2.75) is 90.4 Å². The van der Waals surface area contributed by atoms with Crippen molar-refractivity contribution in [1.82, 2.24) is 19.8 Å². The number of fused-ring (bicyclic) bond motifs is 1. The zero-order valence-corrected chi connectivity index (χ0v) is 25.8. The van der Waals surface area contributed by atoms with Crippen LogP contribution in [-0.4, -0.2) is 56.1 Å². The number of amides is 2. The van der Waals surface area contributed by atoms with Gasteiger partial charge in [-0.05, 0) is 121 Å². The molecule has 1 saturated carbocycles. The Labute approximate surface area is 254 Å². The predicted molar refractivity (Wildman–Crippen MR) is 167 cm³/mol. The minimum absolute atomic E-state index is 0.0115. The Morgan fingerprint density at radius 3 is 2.44 bits per heavy atom. The predicted octanol–water partition coefficient (Wildman–Crippen LogP) is 5.40. The number of nitrogens with one attached hydrogen (secondary N) is 2. The number of anilines is 1. The highest BCUT2D eigenvalue weighted by atomic mass is 16.3. The van der Waals surface area contributed by atoms with Gasteiger partial charge in [-0.15, -0.1) is 0 Å². The molecule has 2 aliphatic rings. The van der Waals surface area contributed by atoms with Gasteiger partial charge >= 0.3 is 0 Å². The fraction of sp³-hybridized carbons (Fsp3) is 0.529. The van der Waals surface area contributed by atoms with E-state index >= 15 is 0 Å². The van der Waals surface area contributed by atoms with Gasteiger partial charge in [-0.25, -0.2) is 4.98 Å². The monoisotopic (exact) mass is 584 g/mol. The highest BCUT2D eigenvalue weighted by Crippen LogP contribution is 2.37. The van der Waals surface area contributed by atoms with E-state index in [0.29, 0.717) is 23.0 Å². The average molecular weight is 585 g/mol. The van der Waals surface area contributed by atoms with Gasteiger partial charge in [0.25, 0.3) is 5.91 Å². The van der Waals surface area contributed by atoms with Crippen molar-refractivity contribution >= 4 is 28.8 Å². The summed E-state index contributed by atoms with van der Waals surface area (Å²) in [6.45, 7) is 10.5. The van der Waals surface area contributed by atoms with E-state index in [4.69, 9.17) is 4.98 Å². The number of hydrogen-bond donors (Lipinski definition) is 3. The van der Waals surface area contributed by atoms with Gasteiger partial charge in [-0.1, -0.05) is 12.1 Å². The molecule has 1 aromatic heterocycles. The Hall–Kier alpha value is -3.74. The summed E-state index contributed by atoms with van der Waals surface area (Å²) in [7, 11) is 0. The van der Waals surface area contributed by atoms with Crippen molar-refractivity contribution in [1.29, 1.82) is 5.26 Å². The fourth-order valence-electron chi connectivity index (χ4n) is 6.65. The Kier molecular flexibility index (Phi) is 9.19. The molecule has 0 atom stereocenters. The molecule has 3 aromatic rings. The lowest BCUT2D eigenvalue weighted by molar-refractivity contribution is -0.126. The summed E-state index contributed by atoms with van der Waals surface area (Å²) in [6.07, 6.45) is 5.11. The second-order valence-electron chi connectivity index (χ2n) is 13.1. The summed E-state index contributed by atoms with van der Waals surface area (Å²) in [6, 6.07) is 15.3. The van der Waals surface area contributed by atoms with Crippen LogP contribution in [0.2, 0.25) is 0 Å². The number of hydrogen-bond acceptors (Lipinski definition) is 6. The van der Waals surface area contributed by atoms with E-state index in [1.807, 2.05) is 33.8 Å². The van der Waals surface area contributed by atoms with Gasteiger partial charge in [0, 0.05) is 30.1 Å². The van der Waals surface area contributed by atoms with Crippen LogP contribution in [0.3, 0.4) is 0 Å². The molecule has 1 aliphatic heterocycles. The number of benzene rings is 2. The van der Waals surface area contributed by atoms with E-state index in [9.17, 15) is 20.0 Å². The third-order valence-electron chi connectivity index (χ3n) is 9.09. The number of imidazole rings is 1. The van der Waals surface area contributed by atoms with Gasteiger partial charge in [0.2, 0.25) is 11.9 Å². The maximum atomic E-state index is 13.3. The quantitative estimate of drug-likeness (QED) is 0.326. The minimum atomic E-state index is -0.650. The molecule has 3 N–H and O–H groups in total. The van der Waals surface area contributed by atoms with Gasteiger partial charge < -0.3 is 15.0 Å². The van der Waals surface area contributed by atoms with Gasteiger partial charge in [0.15, 0.2) is 0 Å². The van der Waals surface area contributed by atoms with Crippen LogP contribution in [0.1, 0.15) is 93.7 Å². The first-order chi connectivity index (χ1) is 20.5. The summed E-state index contributed by atoms with van der Waals surface area (Å²) < 4.78 is 2.15. The first-order valence-electron chi connectivity index (χ1n) is 15.6. The third-order valence-corrected chi connectivity index (χ3v) is 9.09. The topological polar surface area (TPSA) is 123 Å². The van der Waals surface area contributed by atoms with Crippen LogP contribution in [0.15, 0.2) is 42.5 Å². The molecule has 0 spiro atoms. The zero-order valence-electron chi connectivity index (χ0n) is 25.8. The molecule has 43 heavy (non-hydrogen) atoms. The van der Waals surface area contributed by atoms with E-state index in [1.165, 1.54) is 5.56 Å². The van der Waals surface area contributed by atoms with E-state index in [0.717, 1.165) is 69.2 Å². The lowest BCUT2D eigenvalue weighted by Crippen LogP contribution is -2.41. The summed E-state index contributed by atoms with van der Waals surface area (Å²) in [5, 5.41) is 25.8. The number of aliphatic hydroxyl groups is 1. The smallest absolute Gasteiger partial charge is 0.258 e. The molecule has 0 bridgehead atoms. The maximum Gasteiger partial charge on any atom is 0.258 e. The van der Waals surface area contributed by atoms with Crippen molar-refractivity contribution in [2.24, 2.45) is 11.8 Å². The molecule has 0 radical (unpaired) electrons. The molecule has 9 nitrogen and oxygen atoms in total. The Balaban J connectivity index is 1.40. The van der Waals surface area contributed by atoms with Crippen molar-refractivity contribution in [3.8, 4) is 6.07 Å². The van der Waals surface area contributed by atoms with E-state index in [-0.39, 0.29) is 29.8 Å². The number of rotatable bonds is 8. The lowest BCUT2D eigenvalue weighted by atomic mass is 9.83. The summed E-state index contributed by atoms with van der Waals surface area (Å²) in [5.74, 6) is 0.590. The van der Waals surface area contributed by atoms with E-state index < -0.39 is 5.60 Å². The van der Waals surface area contributed by atoms with E-state index in [2.05, 4.69) is 38.3 Å². The molecule has 1 saturated heterocycles. The second-order valence-corrected chi connectivity index (χ2v) is 13.1. The van der Waals surface area contributed by atoms with Gasteiger partial charge in [-0.3, -0.25) is 19.8 Å². The molecule has 2 aromatic carbocycles. The van der Waals surface area contributed by atoms with E-state index in [1.54, 1.807) is 24.3 Å². The Bertz CT molecular complexity index is 1500. The maximum absolute atomic E-state index is 13.3. The fourth-order valence-corrected chi connectivity index (χ4v) is 6.65.